The predicted octanol–water partition coefficient (Wildman–Crippen LogP) is 5.18. The maximum atomic E-state index is 11.9. The number of allylic oxidation sites excluding steroid dienone is 1. The summed E-state index contributed by atoms with van der Waals surface area (Å²) in [5.41, 5.74) is 0.840. The molecule has 0 saturated carbocycles. The van der Waals surface area contributed by atoms with E-state index in [9.17, 15) is 9.59 Å². The van der Waals surface area contributed by atoms with E-state index in [2.05, 4.69) is 33.9 Å². The number of hydrogen-bond acceptors (Lipinski definition) is 4. The Morgan fingerprint density at radius 1 is 1.16 bits per heavy atom. The van der Waals surface area contributed by atoms with E-state index in [1.54, 1.807) is 0 Å². The number of hydrogen-bond donors (Lipinski definition) is 0. The summed E-state index contributed by atoms with van der Waals surface area (Å²) in [6, 6.07) is 0. The van der Waals surface area contributed by atoms with E-state index in [0.717, 1.165) is 37.9 Å². The molecule has 1 unspecified atom stereocenters. The van der Waals surface area contributed by atoms with Crippen molar-refractivity contribution < 1.29 is 18.8 Å². The first-order valence-corrected chi connectivity index (χ1v) is 12.5. The van der Waals surface area contributed by atoms with Gasteiger partial charge in [-0.05, 0) is 49.0 Å². The van der Waals surface area contributed by atoms with Crippen LogP contribution in [0.5, 0.6) is 0 Å². The van der Waals surface area contributed by atoms with E-state index < -0.39 is 8.32 Å². The van der Waals surface area contributed by atoms with Crippen molar-refractivity contribution in [3.63, 3.8) is 0 Å². The largest absolute Gasteiger partial charge is 0.458 e. The molecular formula is C20H36O4Si. The summed E-state index contributed by atoms with van der Waals surface area (Å²) in [5, 5.41) is 0.276. The molecule has 0 fully saturated rings. The van der Waals surface area contributed by atoms with E-state index in [0.29, 0.717) is 6.42 Å². The van der Waals surface area contributed by atoms with Crippen LogP contribution in [-0.4, -0.2) is 32.8 Å². The summed E-state index contributed by atoms with van der Waals surface area (Å²) < 4.78 is 11.3. The van der Waals surface area contributed by atoms with E-state index in [4.69, 9.17) is 9.16 Å². The number of carbonyl (C=O) groups is 2. The molecule has 0 aromatic heterocycles. The van der Waals surface area contributed by atoms with E-state index in [-0.39, 0.29) is 22.9 Å². The zero-order chi connectivity index (χ0) is 19.1. The smallest absolute Gasteiger partial charge is 0.303 e. The minimum Gasteiger partial charge on any atom is -0.458 e. The molecule has 0 saturated heterocycles. The highest BCUT2D eigenvalue weighted by atomic mass is 28.4. The summed E-state index contributed by atoms with van der Waals surface area (Å²) in [6.07, 6.45) is 8.23. The van der Waals surface area contributed by atoms with Crippen LogP contribution in [0.2, 0.25) is 18.1 Å². The Labute approximate surface area is 154 Å². The Kier molecular flexibility index (Phi) is 8.55. The number of carbonyl (C=O) groups excluding carboxylic acids is 2. The predicted molar refractivity (Wildman–Crippen MR) is 104 cm³/mol. The van der Waals surface area contributed by atoms with Gasteiger partial charge in [0.15, 0.2) is 14.1 Å². The Morgan fingerprint density at radius 3 is 2.36 bits per heavy atom. The monoisotopic (exact) mass is 368 g/mol. The van der Waals surface area contributed by atoms with Crippen LogP contribution in [0, 0.1) is 0 Å². The normalized spacial score (nSPS) is 18.4. The van der Waals surface area contributed by atoms with Gasteiger partial charge in [0.1, 0.15) is 6.10 Å². The minimum absolute atomic E-state index is 0.133. The molecule has 0 bridgehead atoms. The van der Waals surface area contributed by atoms with Crippen molar-refractivity contribution in [1.29, 1.82) is 0 Å². The zero-order valence-electron chi connectivity index (χ0n) is 16.9. The molecule has 144 valence electrons. The first-order valence-electron chi connectivity index (χ1n) is 9.58. The number of ether oxygens (including phenoxy) is 1. The van der Waals surface area contributed by atoms with Gasteiger partial charge in [0, 0.05) is 13.5 Å². The fourth-order valence-electron chi connectivity index (χ4n) is 2.69. The molecule has 0 aliphatic heterocycles. The minimum atomic E-state index is -1.60. The van der Waals surface area contributed by atoms with E-state index >= 15 is 0 Å². The Morgan fingerprint density at radius 2 is 1.76 bits per heavy atom. The Hall–Kier alpha value is -0.943. The van der Waals surface area contributed by atoms with Crippen LogP contribution >= 0.6 is 0 Å². The van der Waals surface area contributed by atoms with Crippen LogP contribution in [0.4, 0.5) is 0 Å². The molecule has 1 aliphatic carbocycles. The summed E-state index contributed by atoms with van der Waals surface area (Å²) in [4.78, 5) is 22.8. The topological polar surface area (TPSA) is 52.6 Å². The molecule has 1 atom stereocenters. The van der Waals surface area contributed by atoms with Gasteiger partial charge in [-0.3, -0.25) is 9.59 Å². The maximum Gasteiger partial charge on any atom is 0.303 e. The molecule has 0 aromatic carbocycles. The maximum absolute atomic E-state index is 11.9. The second-order valence-electron chi connectivity index (χ2n) is 8.59. The van der Waals surface area contributed by atoms with Gasteiger partial charge in [0.25, 0.3) is 0 Å². The average Bonchev–Trinajstić information content (AvgIpc) is 2.79. The van der Waals surface area contributed by atoms with Gasteiger partial charge in [-0.15, -0.1) is 0 Å². The summed E-state index contributed by atoms with van der Waals surface area (Å²) in [7, 11) is -1.60. The molecule has 0 aromatic rings. The number of esters is 1. The lowest BCUT2D eigenvalue weighted by atomic mass is 10.0. The molecule has 5 heteroatoms. The summed E-state index contributed by atoms with van der Waals surface area (Å²) >= 11 is 0. The van der Waals surface area contributed by atoms with E-state index in [1.807, 2.05) is 6.08 Å². The van der Waals surface area contributed by atoms with Crippen molar-refractivity contribution in [2.24, 2.45) is 0 Å². The number of rotatable bonds is 10. The van der Waals surface area contributed by atoms with Crippen molar-refractivity contribution >= 4 is 20.1 Å². The second-order valence-corrected chi connectivity index (χ2v) is 13.4. The van der Waals surface area contributed by atoms with Crippen molar-refractivity contribution in [1.82, 2.24) is 0 Å². The summed E-state index contributed by atoms with van der Waals surface area (Å²) in [6.45, 7) is 13.6. The van der Waals surface area contributed by atoms with Crippen LogP contribution in [0.15, 0.2) is 11.6 Å². The quantitative estimate of drug-likeness (QED) is 0.303. The third-order valence-corrected chi connectivity index (χ3v) is 9.85. The van der Waals surface area contributed by atoms with Gasteiger partial charge in [-0.2, -0.15) is 0 Å². The van der Waals surface area contributed by atoms with Crippen molar-refractivity contribution in [2.45, 2.75) is 96.9 Å². The Balaban J connectivity index is 2.11. The molecule has 0 radical (unpaired) electrons. The SMILES string of the molecule is CC(=O)OC1C=C(CCCCCCCO[Si](C)(C)C(C)(C)C)C(=O)C1. The van der Waals surface area contributed by atoms with Gasteiger partial charge in [-0.25, -0.2) is 0 Å². The molecule has 0 spiro atoms. The van der Waals surface area contributed by atoms with Crippen LogP contribution in [0.1, 0.15) is 72.6 Å². The molecule has 25 heavy (non-hydrogen) atoms. The lowest BCUT2D eigenvalue weighted by Gasteiger charge is -2.36. The molecule has 0 amide bonds. The number of ketones is 1. The van der Waals surface area contributed by atoms with Crippen LogP contribution in [0.3, 0.4) is 0 Å². The van der Waals surface area contributed by atoms with Gasteiger partial charge in [0.2, 0.25) is 0 Å². The fourth-order valence-corrected chi connectivity index (χ4v) is 3.78. The van der Waals surface area contributed by atoms with Gasteiger partial charge >= 0.3 is 5.97 Å². The standard InChI is InChI=1S/C20H36O4Si/c1-16(21)24-18-14-17(19(22)15-18)12-10-8-7-9-11-13-23-25(5,6)20(2,3)4/h14,18H,7-13,15H2,1-6H3. The van der Waals surface area contributed by atoms with Gasteiger partial charge in [0.05, 0.1) is 6.42 Å². The van der Waals surface area contributed by atoms with E-state index in [1.165, 1.54) is 19.8 Å². The first-order chi connectivity index (χ1) is 11.5. The van der Waals surface area contributed by atoms with Crippen LogP contribution in [-0.2, 0) is 18.8 Å². The van der Waals surface area contributed by atoms with Crippen LogP contribution in [0.25, 0.3) is 0 Å². The lowest BCUT2D eigenvalue weighted by molar-refractivity contribution is -0.144. The average molecular weight is 369 g/mol. The van der Waals surface area contributed by atoms with Crippen LogP contribution < -0.4 is 0 Å². The zero-order valence-corrected chi connectivity index (χ0v) is 17.9. The third-order valence-electron chi connectivity index (χ3n) is 5.31. The highest BCUT2D eigenvalue weighted by molar-refractivity contribution is 6.74. The number of unbranched alkanes of at least 4 members (excludes halogenated alkanes) is 4. The van der Waals surface area contributed by atoms with Gasteiger partial charge in [-0.1, -0.05) is 40.0 Å². The van der Waals surface area contributed by atoms with Gasteiger partial charge < -0.3 is 9.16 Å². The summed E-state index contributed by atoms with van der Waals surface area (Å²) in [5.74, 6) is -0.191. The molecular weight excluding hydrogens is 332 g/mol. The Bertz CT molecular complexity index is 488. The first kappa shape index (κ1) is 22.1. The van der Waals surface area contributed by atoms with Crippen molar-refractivity contribution in [3.8, 4) is 0 Å². The molecule has 1 rings (SSSR count). The van der Waals surface area contributed by atoms with Crippen molar-refractivity contribution in [3.05, 3.63) is 11.6 Å². The number of Topliss-reactive ketones (excluding diaryl/α,β-unsaturated/α-hetero) is 1. The fraction of sp³-hybridized carbons (Fsp3) is 0.800. The highest BCUT2D eigenvalue weighted by Crippen LogP contribution is 2.36. The molecule has 4 nitrogen and oxygen atoms in total. The third kappa shape index (κ3) is 7.86. The van der Waals surface area contributed by atoms with Crippen molar-refractivity contribution in [2.75, 3.05) is 6.61 Å². The lowest BCUT2D eigenvalue weighted by Crippen LogP contribution is -2.40. The second kappa shape index (κ2) is 9.67. The molecule has 0 heterocycles. The highest BCUT2D eigenvalue weighted by Gasteiger charge is 2.36. The molecule has 0 N–H and O–H groups in total. The molecule has 1 aliphatic rings.